The van der Waals surface area contributed by atoms with Crippen LogP contribution in [0.5, 0.6) is 0 Å². The molecule has 2 atom stereocenters. The normalized spacial score (nSPS) is 23.5. The molecule has 1 aliphatic heterocycles. The first-order valence-electron chi connectivity index (χ1n) is 9.80. The van der Waals surface area contributed by atoms with E-state index in [9.17, 15) is 4.79 Å². The second-order valence-corrected chi connectivity index (χ2v) is 7.51. The minimum atomic E-state index is -0.191. The summed E-state index contributed by atoms with van der Waals surface area (Å²) in [5.41, 5.74) is 7.93. The Kier molecular flexibility index (Phi) is 5.30. The lowest BCUT2D eigenvalue weighted by Gasteiger charge is -2.37. The summed E-state index contributed by atoms with van der Waals surface area (Å²) < 4.78 is 5.52. The molecule has 0 bridgehead atoms. The van der Waals surface area contributed by atoms with E-state index in [4.69, 9.17) is 10.2 Å². The number of anilines is 1. The molecule has 2 aliphatic rings. The van der Waals surface area contributed by atoms with Crippen LogP contribution in [0.15, 0.2) is 59.2 Å². The molecule has 1 aromatic carbocycles. The van der Waals surface area contributed by atoms with E-state index in [-0.39, 0.29) is 17.9 Å². The fraction of sp³-hybridized carbons (Fsp3) is 0.409. The Labute approximate surface area is 160 Å². The molecule has 2 heterocycles. The lowest BCUT2D eigenvalue weighted by atomic mass is 9.87. The number of carbonyl (C=O) groups excluding carboxylic acids is 1. The fourth-order valence-electron chi connectivity index (χ4n) is 4.22. The molecular formula is C22H27N3O2. The Balaban J connectivity index is 1.36. The Hall–Kier alpha value is -2.53. The van der Waals surface area contributed by atoms with Gasteiger partial charge in [-0.2, -0.15) is 0 Å². The number of carbonyl (C=O) groups is 1. The van der Waals surface area contributed by atoms with Gasteiger partial charge in [-0.05, 0) is 49.9 Å². The van der Waals surface area contributed by atoms with E-state index < -0.39 is 0 Å². The Morgan fingerprint density at radius 2 is 1.93 bits per heavy atom. The number of primary amides is 1. The maximum Gasteiger partial charge on any atom is 0.222 e. The number of hydrogen-bond donors (Lipinski definition) is 2. The minimum absolute atomic E-state index is 0.0852. The van der Waals surface area contributed by atoms with Gasteiger partial charge in [-0.1, -0.05) is 24.3 Å². The van der Waals surface area contributed by atoms with Crippen LogP contribution >= 0.6 is 0 Å². The van der Waals surface area contributed by atoms with Gasteiger partial charge in [0, 0.05) is 36.4 Å². The van der Waals surface area contributed by atoms with Crippen LogP contribution in [0, 0.1) is 5.92 Å². The number of hydrogen-bond acceptors (Lipinski definition) is 4. The van der Waals surface area contributed by atoms with E-state index in [0.29, 0.717) is 6.04 Å². The number of amides is 1. The van der Waals surface area contributed by atoms with E-state index >= 15 is 0 Å². The van der Waals surface area contributed by atoms with Crippen LogP contribution in [-0.4, -0.2) is 31.1 Å². The summed E-state index contributed by atoms with van der Waals surface area (Å²) in [5, 5.41) is 3.70. The van der Waals surface area contributed by atoms with E-state index in [1.165, 1.54) is 5.69 Å². The van der Waals surface area contributed by atoms with E-state index in [2.05, 4.69) is 46.6 Å². The van der Waals surface area contributed by atoms with Gasteiger partial charge < -0.3 is 20.4 Å². The van der Waals surface area contributed by atoms with Gasteiger partial charge in [-0.15, -0.1) is 0 Å². The van der Waals surface area contributed by atoms with Crippen LogP contribution in [0.4, 0.5) is 5.69 Å². The summed E-state index contributed by atoms with van der Waals surface area (Å²) in [5.74, 6) is 0.623. The molecule has 3 N–H and O–H groups in total. The topological polar surface area (TPSA) is 71.5 Å². The Morgan fingerprint density at radius 1 is 1.11 bits per heavy atom. The summed E-state index contributed by atoms with van der Waals surface area (Å²) in [6.07, 6.45) is 9.71. The van der Waals surface area contributed by atoms with Gasteiger partial charge in [-0.25, -0.2) is 0 Å². The number of benzene rings is 1. The van der Waals surface area contributed by atoms with Gasteiger partial charge >= 0.3 is 0 Å². The van der Waals surface area contributed by atoms with E-state index in [0.717, 1.165) is 50.1 Å². The first-order chi connectivity index (χ1) is 13.2. The van der Waals surface area contributed by atoms with Crippen LogP contribution in [0.25, 0.3) is 11.3 Å². The monoisotopic (exact) mass is 365 g/mol. The van der Waals surface area contributed by atoms with Crippen molar-refractivity contribution in [1.29, 1.82) is 0 Å². The average Bonchev–Trinajstić information content (AvgIpc) is 3.24. The van der Waals surface area contributed by atoms with E-state index in [1.807, 2.05) is 12.1 Å². The zero-order chi connectivity index (χ0) is 18.6. The zero-order valence-electron chi connectivity index (χ0n) is 15.5. The van der Waals surface area contributed by atoms with Crippen LogP contribution in [0.2, 0.25) is 0 Å². The Morgan fingerprint density at radius 3 is 2.67 bits per heavy atom. The molecule has 0 unspecified atom stereocenters. The zero-order valence-corrected chi connectivity index (χ0v) is 15.5. The largest absolute Gasteiger partial charge is 0.464 e. The first kappa shape index (κ1) is 17.9. The smallest absolute Gasteiger partial charge is 0.222 e. The van der Waals surface area contributed by atoms with Crippen molar-refractivity contribution in [3.8, 4) is 11.3 Å². The molecule has 1 amide bonds. The summed E-state index contributed by atoms with van der Waals surface area (Å²) in [6.45, 7) is 2.01. The van der Waals surface area contributed by atoms with Crippen LogP contribution in [0.3, 0.4) is 0 Å². The maximum atomic E-state index is 11.7. The molecule has 0 spiro atoms. The highest BCUT2D eigenvalue weighted by Gasteiger charge is 2.30. The number of nitrogens with one attached hydrogen (secondary N) is 1. The molecule has 27 heavy (non-hydrogen) atoms. The third-order valence-corrected chi connectivity index (χ3v) is 5.76. The number of piperidine rings is 1. The van der Waals surface area contributed by atoms with Gasteiger partial charge in [0.15, 0.2) is 0 Å². The van der Waals surface area contributed by atoms with Crippen molar-refractivity contribution in [2.45, 2.75) is 37.8 Å². The van der Waals surface area contributed by atoms with Gasteiger partial charge in [0.1, 0.15) is 5.76 Å². The van der Waals surface area contributed by atoms with Crippen molar-refractivity contribution in [1.82, 2.24) is 5.32 Å². The van der Waals surface area contributed by atoms with Gasteiger partial charge in [0.2, 0.25) is 5.91 Å². The van der Waals surface area contributed by atoms with Gasteiger partial charge in [0.25, 0.3) is 0 Å². The molecular weight excluding hydrogens is 338 g/mol. The second-order valence-electron chi connectivity index (χ2n) is 7.51. The fourth-order valence-corrected chi connectivity index (χ4v) is 4.22. The molecule has 1 saturated heterocycles. The predicted molar refractivity (Wildman–Crippen MR) is 107 cm³/mol. The lowest BCUT2D eigenvalue weighted by molar-refractivity contribution is -0.122. The number of rotatable bonds is 5. The predicted octanol–water partition coefficient (Wildman–Crippen LogP) is 3.33. The van der Waals surface area contributed by atoms with Gasteiger partial charge in [0.05, 0.1) is 12.2 Å². The summed E-state index contributed by atoms with van der Waals surface area (Å²) in [4.78, 5) is 14.1. The molecule has 5 nitrogen and oxygen atoms in total. The maximum absolute atomic E-state index is 11.7. The minimum Gasteiger partial charge on any atom is -0.464 e. The summed E-state index contributed by atoms with van der Waals surface area (Å²) in [6, 6.07) is 13.0. The highest BCUT2D eigenvalue weighted by Crippen LogP contribution is 2.28. The highest BCUT2D eigenvalue weighted by molar-refractivity contribution is 5.77. The highest BCUT2D eigenvalue weighted by atomic mass is 16.3. The molecule has 1 aliphatic carbocycles. The standard InChI is InChI=1S/C22H27N3O2/c23-22(26)19-7-1-2-8-20(19)24-17-10-12-25(13-11-17)18-6-3-5-16(15-18)21-9-4-14-27-21/h1-6,9,14-15,17,19-20,24H,7-8,10-13H2,(H2,23,26)/t19-,20+/m1/s1. The second kappa shape index (κ2) is 8.01. The molecule has 1 fully saturated rings. The summed E-state index contributed by atoms with van der Waals surface area (Å²) in [7, 11) is 0. The third kappa shape index (κ3) is 4.08. The lowest BCUT2D eigenvalue weighted by Crippen LogP contribution is -2.51. The van der Waals surface area contributed by atoms with E-state index in [1.54, 1.807) is 6.26 Å². The molecule has 142 valence electrons. The molecule has 0 radical (unpaired) electrons. The van der Waals surface area contributed by atoms with Crippen molar-refractivity contribution in [3.63, 3.8) is 0 Å². The Bertz CT molecular complexity index is 792. The van der Waals surface area contributed by atoms with Crippen LogP contribution in [-0.2, 0) is 4.79 Å². The van der Waals surface area contributed by atoms with Crippen LogP contribution in [0.1, 0.15) is 25.7 Å². The van der Waals surface area contributed by atoms with Crippen molar-refractivity contribution in [2.24, 2.45) is 11.7 Å². The molecule has 4 rings (SSSR count). The third-order valence-electron chi connectivity index (χ3n) is 5.76. The number of nitrogens with two attached hydrogens (primary N) is 1. The molecule has 5 heteroatoms. The quantitative estimate of drug-likeness (QED) is 0.798. The van der Waals surface area contributed by atoms with Crippen molar-refractivity contribution < 1.29 is 9.21 Å². The number of allylic oxidation sites excluding steroid dienone is 1. The molecule has 0 saturated carbocycles. The average molecular weight is 365 g/mol. The molecule has 2 aromatic rings. The van der Waals surface area contributed by atoms with Crippen LogP contribution < -0.4 is 16.0 Å². The first-order valence-corrected chi connectivity index (χ1v) is 9.80. The van der Waals surface area contributed by atoms with Gasteiger partial charge in [-0.3, -0.25) is 4.79 Å². The van der Waals surface area contributed by atoms with Crippen molar-refractivity contribution >= 4 is 11.6 Å². The number of furan rings is 1. The SMILES string of the molecule is NC(=O)[C@@H]1CC=CC[C@@H]1NC1CCN(c2cccc(-c3ccco3)c2)CC1. The molecule has 1 aromatic heterocycles. The summed E-state index contributed by atoms with van der Waals surface area (Å²) >= 11 is 0. The number of nitrogens with zero attached hydrogens (tertiary/aromatic N) is 1. The van der Waals surface area contributed by atoms with Crippen molar-refractivity contribution in [3.05, 3.63) is 54.8 Å². The van der Waals surface area contributed by atoms with Crippen molar-refractivity contribution in [2.75, 3.05) is 18.0 Å².